The minimum absolute atomic E-state index is 0.314. The SMILES string of the molecule is CC(C)N(C(C)C)P(OCCC#N)O[C@H]1CC[C@H](C)CC1. The molecule has 1 aliphatic rings. The van der Waals surface area contributed by atoms with Crippen LogP contribution in [-0.4, -0.2) is 29.5 Å². The lowest BCUT2D eigenvalue weighted by Gasteiger charge is -2.38. The van der Waals surface area contributed by atoms with E-state index < -0.39 is 8.53 Å². The van der Waals surface area contributed by atoms with Crippen LogP contribution in [0.1, 0.15) is 66.7 Å². The first-order valence-corrected chi connectivity index (χ1v) is 9.33. The van der Waals surface area contributed by atoms with Gasteiger partial charge in [-0.05, 0) is 59.3 Å². The Kier molecular flexibility index (Phi) is 8.74. The van der Waals surface area contributed by atoms with Gasteiger partial charge in [0.1, 0.15) is 0 Å². The van der Waals surface area contributed by atoms with Crippen molar-refractivity contribution in [3.63, 3.8) is 0 Å². The van der Waals surface area contributed by atoms with E-state index in [2.05, 4.69) is 45.4 Å². The summed E-state index contributed by atoms with van der Waals surface area (Å²) in [6.07, 6.45) is 5.49. The summed E-state index contributed by atoms with van der Waals surface area (Å²) >= 11 is 0. The normalized spacial score (nSPS) is 24.5. The second kappa shape index (κ2) is 9.74. The zero-order valence-electron chi connectivity index (χ0n) is 14.2. The van der Waals surface area contributed by atoms with Gasteiger partial charge in [0.15, 0.2) is 0 Å². The molecule has 0 spiro atoms. The summed E-state index contributed by atoms with van der Waals surface area (Å²) < 4.78 is 14.6. The average molecular weight is 314 g/mol. The molecule has 0 saturated heterocycles. The average Bonchev–Trinajstić information content (AvgIpc) is 2.40. The quantitative estimate of drug-likeness (QED) is 0.474. The molecule has 1 aliphatic carbocycles. The van der Waals surface area contributed by atoms with E-state index in [1.807, 2.05) is 0 Å². The van der Waals surface area contributed by atoms with Gasteiger partial charge in [-0.3, -0.25) is 0 Å². The van der Waals surface area contributed by atoms with Crippen LogP contribution in [0.5, 0.6) is 0 Å². The third-order valence-corrected chi connectivity index (χ3v) is 6.05. The van der Waals surface area contributed by atoms with Crippen molar-refractivity contribution in [1.82, 2.24) is 4.67 Å². The van der Waals surface area contributed by atoms with E-state index in [4.69, 9.17) is 14.3 Å². The lowest BCUT2D eigenvalue weighted by molar-refractivity contribution is 0.0967. The highest BCUT2D eigenvalue weighted by Gasteiger charge is 2.31. The molecule has 0 aromatic carbocycles. The topological polar surface area (TPSA) is 45.5 Å². The Morgan fingerprint density at radius 1 is 1.14 bits per heavy atom. The zero-order chi connectivity index (χ0) is 15.8. The van der Waals surface area contributed by atoms with Gasteiger partial charge in [0.2, 0.25) is 0 Å². The van der Waals surface area contributed by atoms with Gasteiger partial charge in [-0.2, -0.15) is 5.26 Å². The van der Waals surface area contributed by atoms with E-state index in [0.717, 1.165) is 18.8 Å². The van der Waals surface area contributed by atoms with Crippen LogP contribution in [0, 0.1) is 17.2 Å². The molecule has 0 aromatic rings. The predicted octanol–water partition coefficient (Wildman–Crippen LogP) is 4.86. The van der Waals surface area contributed by atoms with Crippen molar-refractivity contribution >= 4 is 8.53 Å². The standard InChI is InChI=1S/C16H31N2O2P/c1-13(2)18(14(3)4)21(19-12-6-11-17)20-16-9-7-15(5)8-10-16/h13-16H,6-10,12H2,1-5H3/t15-,16-,21?. The Morgan fingerprint density at radius 2 is 1.71 bits per heavy atom. The van der Waals surface area contributed by atoms with E-state index in [0.29, 0.717) is 31.2 Å². The molecule has 1 rings (SSSR count). The molecule has 0 amide bonds. The van der Waals surface area contributed by atoms with Gasteiger partial charge in [-0.25, -0.2) is 4.67 Å². The summed E-state index contributed by atoms with van der Waals surface area (Å²) in [5, 5.41) is 8.71. The second-order valence-corrected chi connectivity index (χ2v) is 7.94. The summed E-state index contributed by atoms with van der Waals surface area (Å²) in [5.74, 6) is 0.821. The molecule has 1 atom stereocenters. The molecule has 4 nitrogen and oxygen atoms in total. The summed E-state index contributed by atoms with van der Waals surface area (Å²) in [7, 11) is -1.07. The maximum atomic E-state index is 8.71. The fourth-order valence-electron chi connectivity index (χ4n) is 2.76. The smallest absolute Gasteiger partial charge is 0.259 e. The fourth-order valence-corrected chi connectivity index (χ4v) is 4.53. The molecule has 21 heavy (non-hydrogen) atoms. The molecule has 5 heteroatoms. The minimum Gasteiger partial charge on any atom is -0.321 e. The largest absolute Gasteiger partial charge is 0.321 e. The van der Waals surface area contributed by atoms with Crippen LogP contribution in [0.3, 0.4) is 0 Å². The van der Waals surface area contributed by atoms with Crippen molar-refractivity contribution in [2.24, 2.45) is 5.92 Å². The van der Waals surface area contributed by atoms with Crippen LogP contribution in [0.25, 0.3) is 0 Å². The van der Waals surface area contributed by atoms with Gasteiger partial charge in [0.05, 0.1) is 25.2 Å². The van der Waals surface area contributed by atoms with Crippen LogP contribution in [0.15, 0.2) is 0 Å². The van der Waals surface area contributed by atoms with Crippen molar-refractivity contribution in [2.75, 3.05) is 6.61 Å². The fraction of sp³-hybridized carbons (Fsp3) is 0.938. The van der Waals surface area contributed by atoms with Crippen molar-refractivity contribution in [3.05, 3.63) is 0 Å². The molecule has 0 N–H and O–H groups in total. The summed E-state index contributed by atoms with van der Waals surface area (Å²) in [6, 6.07) is 2.89. The van der Waals surface area contributed by atoms with Crippen LogP contribution in [0.4, 0.5) is 0 Å². The number of hydrogen-bond donors (Lipinski definition) is 0. The monoisotopic (exact) mass is 314 g/mol. The molecular formula is C16H31N2O2P. The number of rotatable bonds is 8. The molecule has 1 unspecified atom stereocenters. The van der Waals surface area contributed by atoms with E-state index in [9.17, 15) is 0 Å². The lowest BCUT2D eigenvalue weighted by atomic mass is 9.89. The third kappa shape index (κ3) is 6.61. The predicted molar refractivity (Wildman–Crippen MR) is 87.7 cm³/mol. The number of nitrogens with zero attached hydrogens (tertiary/aromatic N) is 2. The van der Waals surface area contributed by atoms with Gasteiger partial charge in [-0.15, -0.1) is 0 Å². The summed E-state index contributed by atoms with van der Waals surface area (Å²) in [4.78, 5) is 0. The van der Waals surface area contributed by atoms with E-state index in [1.165, 1.54) is 12.8 Å². The van der Waals surface area contributed by atoms with Crippen LogP contribution in [0.2, 0.25) is 0 Å². The maximum absolute atomic E-state index is 8.71. The highest BCUT2D eigenvalue weighted by molar-refractivity contribution is 7.44. The first kappa shape index (κ1) is 18.8. The van der Waals surface area contributed by atoms with E-state index in [1.54, 1.807) is 0 Å². The molecule has 0 aromatic heterocycles. The first-order chi connectivity index (χ1) is 9.95. The van der Waals surface area contributed by atoms with Gasteiger partial charge in [-0.1, -0.05) is 6.92 Å². The Morgan fingerprint density at radius 3 is 2.19 bits per heavy atom. The minimum atomic E-state index is -1.07. The molecule has 1 fully saturated rings. The van der Waals surface area contributed by atoms with Gasteiger partial charge >= 0.3 is 0 Å². The number of hydrogen-bond acceptors (Lipinski definition) is 4. The van der Waals surface area contributed by atoms with Crippen molar-refractivity contribution in [3.8, 4) is 6.07 Å². The highest BCUT2D eigenvalue weighted by atomic mass is 31.2. The Bertz CT molecular complexity index is 315. The van der Waals surface area contributed by atoms with Crippen molar-refractivity contribution in [1.29, 1.82) is 5.26 Å². The molecule has 0 heterocycles. The first-order valence-electron chi connectivity index (χ1n) is 8.20. The van der Waals surface area contributed by atoms with Crippen LogP contribution < -0.4 is 0 Å². The van der Waals surface area contributed by atoms with Gasteiger partial charge in [0.25, 0.3) is 8.53 Å². The highest BCUT2D eigenvalue weighted by Crippen LogP contribution is 2.48. The third-order valence-electron chi connectivity index (χ3n) is 3.86. The Hall–Kier alpha value is -0.200. The molecule has 0 bridgehead atoms. The summed E-state index contributed by atoms with van der Waals surface area (Å²) in [6.45, 7) is 11.5. The van der Waals surface area contributed by atoms with Crippen molar-refractivity contribution in [2.45, 2.75) is 84.9 Å². The van der Waals surface area contributed by atoms with E-state index >= 15 is 0 Å². The molecule has 1 saturated carbocycles. The number of nitriles is 1. The summed E-state index contributed by atoms with van der Waals surface area (Å²) in [5.41, 5.74) is 0. The van der Waals surface area contributed by atoms with Crippen LogP contribution >= 0.6 is 8.53 Å². The van der Waals surface area contributed by atoms with Gasteiger partial charge in [0, 0.05) is 12.1 Å². The van der Waals surface area contributed by atoms with E-state index in [-0.39, 0.29) is 0 Å². The molecule has 122 valence electrons. The van der Waals surface area contributed by atoms with Crippen LogP contribution in [-0.2, 0) is 9.05 Å². The Balaban J connectivity index is 2.64. The van der Waals surface area contributed by atoms with Gasteiger partial charge < -0.3 is 9.05 Å². The Labute approximate surface area is 131 Å². The second-order valence-electron chi connectivity index (χ2n) is 6.53. The molecular weight excluding hydrogens is 283 g/mol. The maximum Gasteiger partial charge on any atom is 0.259 e. The molecule has 0 radical (unpaired) electrons. The zero-order valence-corrected chi connectivity index (χ0v) is 15.1. The lowest BCUT2D eigenvalue weighted by Crippen LogP contribution is -2.35. The van der Waals surface area contributed by atoms with Crippen molar-refractivity contribution < 1.29 is 9.05 Å². The molecule has 0 aliphatic heterocycles.